The number of rotatable bonds is 3. The van der Waals surface area contributed by atoms with Crippen molar-refractivity contribution in [1.82, 2.24) is 4.90 Å². The van der Waals surface area contributed by atoms with E-state index in [2.05, 4.69) is 0 Å². The van der Waals surface area contributed by atoms with Crippen LogP contribution < -0.4 is 0 Å². The maximum absolute atomic E-state index is 13.3. The molecule has 1 aliphatic carbocycles. The maximum atomic E-state index is 13.3. The van der Waals surface area contributed by atoms with Crippen molar-refractivity contribution in [3.05, 3.63) is 34.9 Å². The molecule has 1 aromatic rings. The number of piperidine rings is 1. The van der Waals surface area contributed by atoms with Gasteiger partial charge in [0.15, 0.2) is 0 Å². The number of amides is 1. The molecule has 1 heterocycles. The third kappa shape index (κ3) is 3.16. The highest BCUT2D eigenvalue weighted by Crippen LogP contribution is 2.43. The molecule has 2 fully saturated rings. The van der Waals surface area contributed by atoms with Crippen LogP contribution in [0.3, 0.4) is 0 Å². The van der Waals surface area contributed by atoms with E-state index in [1.54, 1.807) is 0 Å². The van der Waals surface area contributed by atoms with Gasteiger partial charge in [0.05, 0.1) is 18.4 Å². The minimum Gasteiger partial charge on any atom is -0.469 e. The van der Waals surface area contributed by atoms with Gasteiger partial charge in [-0.25, -0.2) is 0 Å². The van der Waals surface area contributed by atoms with E-state index in [0.29, 0.717) is 31.0 Å². The number of hydrogen-bond acceptors (Lipinski definition) is 3. The van der Waals surface area contributed by atoms with Gasteiger partial charge >= 0.3 is 5.97 Å². The van der Waals surface area contributed by atoms with E-state index in [1.165, 1.54) is 7.11 Å². The van der Waals surface area contributed by atoms with Crippen LogP contribution in [0.15, 0.2) is 24.3 Å². The van der Waals surface area contributed by atoms with Crippen molar-refractivity contribution in [1.29, 1.82) is 0 Å². The van der Waals surface area contributed by atoms with Gasteiger partial charge in [0, 0.05) is 18.1 Å². The van der Waals surface area contributed by atoms with E-state index < -0.39 is 5.41 Å². The van der Waals surface area contributed by atoms with Crippen molar-refractivity contribution < 1.29 is 14.3 Å². The average Bonchev–Trinajstić information content (AvgIpc) is 3.12. The highest BCUT2D eigenvalue weighted by Gasteiger charge is 2.45. The molecule has 0 bridgehead atoms. The standard InChI is InChI=1S/C19H24ClNO3/c1-24-17(22)14-8-12-21(13-9-14)18(23)19(10-2-3-11-19)15-4-6-16(20)7-5-15/h4-7,14H,2-3,8-13H2,1H3. The molecule has 0 unspecified atom stereocenters. The average molecular weight is 350 g/mol. The molecule has 1 saturated carbocycles. The van der Waals surface area contributed by atoms with Crippen LogP contribution in [0.2, 0.25) is 5.02 Å². The van der Waals surface area contributed by atoms with E-state index in [0.717, 1.165) is 31.2 Å². The SMILES string of the molecule is COC(=O)C1CCN(C(=O)C2(c3ccc(Cl)cc3)CCCC2)CC1. The van der Waals surface area contributed by atoms with Crippen molar-refractivity contribution >= 4 is 23.5 Å². The minimum absolute atomic E-state index is 0.0749. The van der Waals surface area contributed by atoms with E-state index in [9.17, 15) is 9.59 Å². The second-order valence-electron chi connectivity index (χ2n) is 6.89. The number of benzene rings is 1. The first-order valence-electron chi connectivity index (χ1n) is 8.70. The summed E-state index contributed by atoms with van der Waals surface area (Å²) in [6.45, 7) is 1.27. The molecule has 5 heteroatoms. The molecule has 0 atom stereocenters. The van der Waals surface area contributed by atoms with E-state index >= 15 is 0 Å². The van der Waals surface area contributed by atoms with E-state index in [1.807, 2.05) is 29.2 Å². The van der Waals surface area contributed by atoms with Crippen molar-refractivity contribution in [2.75, 3.05) is 20.2 Å². The lowest BCUT2D eigenvalue weighted by atomic mass is 9.77. The second kappa shape index (κ2) is 7.14. The van der Waals surface area contributed by atoms with Crippen LogP contribution in [-0.2, 0) is 19.7 Å². The third-order valence-corrected chi connectivity index (χ3v) is 5.83. The zero-order chi connectivity index (χ0) is 17.2. The van der Waals surface area contributed by atoms with Crippen LogP contribution >= 0.6 is 11.6 Å². The lowest BCUT2D eigenvalue weighted by molar-refractivity contribution is -0.150. The summed E-state index contributed by atoms with van der Waals surface area (Å²) in [4.78, 5) is 27.0. The molecule has 2 aliphatic rings. The fourth-order valence-electron chi connectivity index (χ4n) is 4.16. The van der Waals surface area contributed by atoms with E-state index in [4.69, 9.17) is 16.3 Å². The molecular weight excluding hydrogens is 326 g/mol. The number of ether oxygens (including phenoxy) is 1. The van der Waals surface area contributed by atoms with Gasteiger partial charge < -0.3 is 9.64 Å². The smallest absolute Gasteiger partial charge is 0.308 e. The summed E-state index contributed by atoms with van der Waals surface area (Å²) in [5, 5.41) is 0.693. The van der Waals surface area contributed by atoms with Gasteiger partial charge in [0.2, 0.25) is 5.91 Å². The Morgan fingerprint density at radius 1 is 1.12 bits per heavy atom. The fraction of sp³-hybridized carbons (Fsp3) is 0.579. The van der Waals surface area contributed by atoms with Crippen molar-refractivity contribution in [2.24, 2.45) is 5.92 Å². The summed E-state index contributed by atoms with van der Waals surface area (Å²) >= 11 is 6.01. The van der Waals surface area contributed by atoms with Crippen molar-refractivity contribution in [3.8, 4) is 0 Å². The normalized spacial score (nSPS) is 20.8. The Morgan fingerprint density at radius 3 is 2.25 bits per heavy atom. The predicted molar refractivity (Wildman–Crippen MR) is 92.9 cm³/mol. The largest absolute Gasteiger partial charge is 0.469 e. The lowest BCUT2D eigenvalue weighted by Gasteiger charge is -2.38. The number of likely N-dealkylation sites (tertiary alicyclic amines) is 1. The zero-order valence-electron chi connectivity index (χ0n) is 14.1. The first-order chi connectivity index (χ1) is 11.6. The van der Waals surface area contributed by atoms with Gasteiger partial charge in [-0.05, 0) is 43.4 Å². The Labute approximate surface area is 148 Å². The number of nitrogens with zero attached hydrogens (tertiary/aromatic N) is 1. The van der Waals surface area contributed by atoms with Crippen LogP contribution in [0.4, 0.5) is 0 Å². The molecule has 0 radical (unpaired) electrons. The monoisotopic (exact) mass is 349 g/mol. The number of methoxy groups -OCH3 is 1. The Morgan fingerprint density at radius 2 is 1.71 bits per heavy atom. The Kier molecular flexibility index (Phi) is 5.14. The Balaban J connectivity index is 1.76. The summed E-state index contributed by atoms with van der Waals surface area (Å²) in [5.74, 6) is -0.0184. The first-order valence-corrected chi connectivity index (χ1v) is 9.08. The number of carbonyl (C=O) groups is 2. The summed E-state index contributed by atoms with van der Waals surface area (Å²) in [7, 11) is 1.42. The molecule has 1 aromatic carbocycles. The van der Waals surface area contributed by atoms with Crippen molar-refractivity contribution in [3.63, 3.8) is 0 Å². The molecule has 130 valence electrons. The quantitative estimate of drug-likeness (QED) is 0.784. The highest BCUT2D eigenvalue weighted by atomic mass is 35.5. The van der Waals surface area contributed by atoms with Crippen LogP contribution in [0.1, 0.15) is 44.1 Å². The number of carbonyl (C=O) groups excluding carboxylic acids is 2. The summed E-state index contributed by atoms with van der Waals surface area (Å²) in [6.07, 6.45) is 5.32. The van der Waals surface area contributed by atoms with Gasteiger partial charge in [0.25, 0.3) is 0 Å². The third-order valence-electron chi connectivity index (χ3n) is 5.58. The molecule has 4 nitrogen and oxygen atoms in total. The van der Waals surface area contributed by atoms with E-state index in [-0.39, 0.29) is 17.8 Å². The maximum Gasteiger partial charge on any atom is 0.308 e. The lowest BCUT2D eigenvalue weighted by Crippen LogP contribution is -2.49. The first kappa shape index (κ1) is 17.3. The van der Waals surface area contributed by atoms with Gasteiger partial charge in [-0.1, -0.05) is 36.6 Å². The predicted octanol–water partition coefficient (Wildman–Crippen LogP) is 3.56. The van der Waals surface area contributed by atoms with Crippen LogP contribution in [0.5, 0.6) is 0 Å². The van der Waals surface area contributed by atoms with Crippen molar-refractivity contribution in [2.45, 2.75) is 43.9 Å². The Hall–Kier alpha value is -1.55. The summed E-state index contributed by atoms with van der Waals surface area (Å²) < 4.78 is 4.83. The fourth-order valence-corrected chi connectivity index (χ4v) is 4.29. The molecule has 1 aliphatic heterocycles. The minimum atomic E-state index is -0.414. The van der Waals surface area contributed by atoms with Crippen LogP contribution in [0, 0.1) is 5.92 Å². The summed E-state index contributed by atoms with van der Waals surface area (Å²) in [5.41, 5.74) is 0.660. The summed E-state index contributed by atoms with van der Waals surface area (Å²) in [6, 6.07) is 7.72. The number of halogens is 1. The van der Waals surface area contributed by atoms with Crippen LogP contribution in [0.25, 0.3) is 0 Å². The number of hydrogen-bond donors (Lipinski definition) is 0. The molecule has 1 amide bonds. The molecule has 0 aromatic heterocycles. The molecule has 1 saturated heterocycles. The van der Waals surface area contributed by atoms with Gasteiger partial charge in [0.1, 0.15) is 0 Å². The molecule has 3 rings (SSSR count). The van der Waals surface area contributed by atoms with Gasteiger partial charge in [-0.3, -0.25) is 9.59 Å². The highest BCUT2D eigenvalue weighted by molar-refractivity contribution is 6.30. The molecular formula is C19H24ClNO3. The Bertz CT molecular complexity index is 600. The topological polar surface area (TPSA) is 46.6 Å². The number of esters is 1. The molecule has 24 heavy (non-hydrogen) atoms. The zero-order valence-corrected chi connectivity index (χ0v) is 14.8. The molecule has 0 N–H and O–H groups in total. The second-order valence-corrected chi connectivity index (χ2v) is 7.32. The van der Waals surface area contributed by atoms with Gasteiger partial charge in [-0.15, -0.1) is 0 Å². The molecule has 0 spiro atoms. The van der Waals surface area contributed by atoms with Crippen LogP contribution in [-0.4, -0.2) is 37.0 Å². The van der Waals surface area contributed by atoms with Gasteiger partial charge in [-0.2, -0.15) is 0 Å².